The molecule has 7 nitrogen and oxygen atoms in total. The van der Waals surface area contributed by atoms with E-state index in [-0.39, 0.29) is 12.2 Å². The largest absolute Gasteiger partial charge is 0.475 e. The first-order chi connectivity index (χ1) is 10.9. The van der Waals surface area contributed by atoms with E-state index < -0.39 is 37.2 Å². The summed E-state index contributed by atoms with van der Waals surface area (Å²) in [6, 6.07) is 7.20. The van der Waals surface area contributed by atoms with E-state index in [1.807, 2.05) is 13.0 Å². The van der Waals surface area contributed by atoms with E-state index in [4.69, 9.17) is 14.6 Å². The Morgan fingerprint density at radius 3 is 2.78 bits per heavy atom. The van der Waals surface area contributed by atoms with Gasteiger partial charge in [0.2, 0.25) is 12.0 Å². The molecule has 126 valence electrons. The van der Waals surface area contributed by atoms with Crippen LogP contribution >= 0.6 is 0 Å². The van der Waals surface area contributed by atoms with Gasteiger partial charge in [-0.15, -0.1) is 0 Å². The van der Waals surface area contributed by atoms with Crippen molar-refractivity contribution < 1.29 is 34.7 Å². The average molecular weight is 324 g/mol. The van der Waals surface area contributed by atoms with Crippen LogP contribution in [-0.2, 0) is 14.3 Å². The number of carboxylic acids is 1. The van der Waals surface area contributed by atoms with Crippen molar-refractivity contribution in [1.82, 2.24) is 0 Å². The van der Waals surface area contributed by atoms with Gasteiger partial charge in [-0.3, -0.25) is 0 Å². The molecule has 1 aromatic rings. The van der Waals surface area contributed by atoms with Crippen LogP contribution in [0.5, 0.6) is 0 Å². The Morgan fingerprint density at radius 1 is 1.43 bits per heavy atom. The average Bonchev–Trinajstić information content (AvgIpc) is 2.50. The van der Waals surface area contributed by atoms with Crippen LogP contribution in [0, 0.1) is 6.92 Å². The van der Waals surface area contributed by atoms with Crippen LogP contribution in [0.3, 0.4) is 0 Å². The summed E-state index contributed by atoms with van der Waals surface area (Å²) < 4.78 is 10.6. The Morgan fingerprint density at radius 2 is 2.17 bits per heavy atom. The maximum atomic E-state index is 11.3. The third-order valence-corrected chi connectivity index (χ3v) is 3.52. The lowest BCUT2D eigenvalue weighted by atomic mass is 10.0. The van der Waals surface area contributed by atoms with Gasteiger partial charge in [-0.1, -0.05) is 29.8 Å². The molecule has 1 aliphatic heterocycles. The van der Waals surface area contributed by atoms with Crippen LogP contribution in [0.25, 0.3) is 6.08 Å². The SMILES string of the molecule is Cc1cccc(/C=C(\OC2CC(O)C(O)C(CO)O2)C(=O)O)c1. The number of aliphatic hydroxyl groups is 3. The van der Waals surface area contributed by atoms with Gasteiger partial charge < -0.3 is 29.9 Å². The number of ether oxygens (including phenoxy) is 2. The molecule has 4 atom stereocenters. The third kappa shape index (κ3) is 4.52. The highest BCUT2D eigenvalue weighted by Gasteiger charge is 2.38. The number of hydrogen-bond donors (Lipinski definition) is 4. The molecule has 4 unspecified atom stereocenters. The molecule has 0 aliphatic carbocycles. The minimum atomic E-state index is -1.28. The van der Waals surface area contributed by atoms with Gasteiger partial charge in [0, 0.05) is 6.42 Å². The highest BCUT2D eigenvalue weighted by atomic mass is 16.7. The molecule has 0 amide bonds. The molecule has 0 bridgehead atoms. The summed E-state index contributed by atoms with van der Waals surface area (Å²) in [5.74, 6) is -1.63. The number of hydrogen-bond acceptors (Lipinski definition) is 6. The van der Waals surface area contributed by atoms with E-state index in [0.717, 1.165) is 5.56 Å². The minimum absolute atomic E-state index is 0.101. The molecule has 2 rings (SSSR count). The quantitative estimate of drug-likeness (QED) is 0.453. The predicted molar refractivity (Wildman–Crippen MR) is 80.3 cm³/mol. The summed E-state index contributed by atoms with van der Waals surface area (Å²) in [4.78, 5) is 11.3. The Hall–Kier alpha value is -1.93. The summed E-state index contributed by atoms with van der Waals surface area (Å²) in [5.41, 5.74) is 1.62. The Balaban J connectivity index is 2.15. The second-order valence-corrected chi connectivity index (χ2v) is 5.43. The molecule has 1 saturated heterocycles. The van der Waals surface area contributed by atoms with Crippen molar-refractivity contribution in [2.45, 2.75) is 37.9 Å². The van der Waals surface area contributed by atoms with Crippen molar-refractivity contribution in [3.05, 3.63) is 41.2 Å². The normalized spacial score (nSPS) is 28.4. The lowest BCUT2D eigenvalue weighted by Gasteiger charge is -2.36. The number of aryl methyl sites for hydroxylation is 1. The highest BCUT2D eigenvalue weighted by molar-refractivity contribution is 5.89. The fraction of sp³-hybridized carbons (Fsp3) is 0.438. The van der Waals surface area contributed by atoms with Gasteiger partial charge in [-0.05, 0) is 18.6 Å². The minimum Gasteiger partial charge on any atom is -0.475 e. The number of benzene rings is 1. The predicted octanol–water partition coefficient (Wildman–Crippen LogP) is 0.266. The number of rotatable bonds is 5. The Bertz CT molecular complexity index is 584. The molecule has 0 radical (unpaired) electrons. The molecular formula is C16H20O7. The van der Waals surface area contributed by atoms with E-state index in [1.165, 1.54) is 6.08 Å². The summed E-state index contributed by atoms with van der Waals surface area (Å²) in [5, 5.41) is 37.8. The van der Waals surface area contributed by atoms with E-state index in [9.17, 15) is 20.1 Å². The van der Waals surface area contributed by atoms with Gasteiger partial charge in [0.25, 0.3) is 0 Å². The first-order valence-electron chi connectivity index (χ1n) is 7.21. The molecule has 23 heavy (non-hydrogen) atoms. The molecule has 1 heterocycles. The molecule has 4 N–H and O–H groups in total. The Labute approximate surface area is 133 Å². The molecule has 1 fully saturated rings. The number of carbonyl (C=O) groups is 1. The monoisotopic (exact) mass is 324 g/mol. The Kier molecular flexibility index (Phi) is 5.73. The van der Waals surface area contributed by atoms with Crippen molar-refractivity contribution in [2.24, 2.45) is 0 Å². The van der Waals surface area contributed by atoms with Crippen molar-refractivity contribution >= 4 is 12.0 Å². The van der Waals surface area contributed by atoms with Crippen LogP contribution in [0.4, 0.5) is 0 Å². The highest BCUT2D eigenvalue weighted by Crippen LogP contribution is 2.23. The summed E-state index contributed by atoms with van der Waals surface area (Å²) in [6.45, 7) is 1.37. The lowest BCUT2D eigenvalue weighted by Crippen LogP contribution is -2.50. The summed E-state index contributed by atoms with van der Waals surface area (Å²) in [6.07, 6.45) is -3.26. The molecule has 0 aromatic heterocycles. The summed E-state index contributed by atoms with van der Waals surface area (Å²) >= 11 is 0. The second kappa shape index (κ2) is 7.56. The van der Waals surface area contributed by atoms with Gasteiger partial charge >= 0.3 is 5.97 Å². The standard InChI is InChI=1S/C16H20O7/c1-9-3-2-4-10(5-9)6-12(16(20)21)22-14-7-11(18)15(19)13(8-17)23-14/h2-6,11,13-15,17-19H,7-8H2,1H3,(H,20,21)/b12-6-. The number of carboxylic acid groups (broad SMARTS) is 1. The zero-order valence-corrected chi connectivity index (χ0v) is 12.6. The lowest BCUT2D eigenvalue weighted by molar-refractivity contribution is -0.246. The maximum Gasteiger partial charge on any atom is 0.371 e. The second-order valence-electron chi connectivity index (χ2n) is 5.43. The third-order valence-electron chi connectivity index (χ3n) is 3.52. The van der Waals surface area contributed by atoms with Crippen LogP contribution < -0.4 is 0 Å². The van der Waals surface area contributed by atoms with Crippen LogP contribution in [0.1, 0.15) is 17.5 Å². The smallest absolute Gasteiger partial charge is 0.371 e. The summed E-state index contributed by atoms with van der Waals surface area (Å²) in [7, 11) is 0. The van der Waals surface area contributed by atoms with Crippen molar-refractivity contribution in [3.8, 4) is 0 Å². The molecular weight excluding hydrogens is 304 g/mol. The van der Waals surface area contributed by atoms with Crippen LogP contribution in [0.15, 0.2) is 30.0 Å². The zero-order chi connectivity index (χ0) is 17.0. The van der Waals surface area contributed by atoms with E-state index in [1.54, 1.807) is 18.2 Å². The van der Waals surface area contributed by atoms with Crippen LogP contribution in [0.2, 0.25) is 0 Å². The van der Waals surface area contributed by atoms with Crippen molar-refractivity contribution in [3.63, 3.8) is 0 Å². The van der Waals surface area contributed by atoms with E-state index in [0.29, 0.717) is 5.56 Å². The zero-order valence-electron chi connectivity index (χ0n) is 12.6. The van der Waals surface area contributed by atoms with Gasteiger partial charge in [-0.25, -0.2) is 4.79 Å². The van der Waals surface area contributed by atoms with Gasteiger partial charge in [0.1, 0.15) is 12.2 Å². The fourth-order valence-electron chi connectivity index (χ4n) is 2.34. The van der Waals surface area contributed by atoms with Crippen molar-refractivity contribution in [2.75, 3.05) is 6.61 Å². The maximum absolute atomic E-state index is 11.3. The van der Waals surface area contributed by atoms with Gasteiger partial charge in [0.15, 0.2) is 0 Å². The first-order valence-corrected chi connectivity index (χ1v) is 7.21. The van der Waals surface area contributed by atoms with Crippen molar-refractivity contribution in [1.29, 1.82) is 0 Å². The first kappa shape index (κ1) is 17.4. The van der Waals surface area contributed by atoms with Crippen LogP contribution in [-0.4, -0.2) is 57.6 Å². The molecule has 7 heteroatoms. The number of aliphatic carboxylic acids is 1. The molecule has 0 saturated carbocycles. The van der Waals surface area contributed by atoms with E-state index >= 15 is 0 Å². The molecule has 1 aliphatic rings. The van der Waals surface area contributed by atoms with Gasteiger partial charge in [0.05, 0.1) is 12.7 Å². The fourth-order valence-corrected chi connectivity index (χ4v) is 2.34. The topological polar surface area (TPSA) is 116 Å². The van der Waals surface area contributed by atoms with E-state index in [2.05, 4.69) is 0 Å². The number of aliphatic hydroxyl groups excluding tert-OH is 3. The van der Waals surface area contributed by atoms with Gasteiger partial charge in [-0.2, -0.15) is 0 Å². The molecule has 1 aromatic carbocycles. The molecule has 0 spiro atoms.